The number of piperidine rings is 1. The van der Waals surface area contributed by atoms with E-state index < -0.39 is 11.9 Å². The van der Waals surface area contributed by atoms with Gasteiger partial charge in [-0.15, -0.1) is 0 Å². The number of amides is 1. The zero-order valence-electron chi connectivity index (χ0n) is 19.3. The third-order valence-corrected chi connectivity index (χ3v) is 6.76. The van der Waals surface area contributed by atoms with Crippen LogP contribution in [0.5, 0.6) is 0 Å². The first-order valence-corrected chi connectivity index (χ1v) is 12.4. The summed E-state index contributed by atoms with van der Waals surface area (Å²) in [5, 5.41) is 2.93. The fraction of sp³-hybridized carbons (Fsp3) is 0.360. The molecule has 10 heteroatoms. The Kier molecular flexibility index (Phi) is 7.90. The zero-order chi connectivity index (χ0) is 24.8. The summed E-state index contributed by atoms with van der Waals surface area (Å²) >= 11 is 1.15. The van der Waals surface area contributed by atoms with E-state index in [-0.39, 0.29) is 17.1 Å². The molecule has 35 heavy (non-hydrogen) atoms. The van der Waals surface area contributed by atoms with Gasteiger partial charge in [0, 0.05) is 48.9 Å². The number of alkyl halides is 3. The summed E-state index contributed by atoms with van der Waals surface area (Å²) in [7, 11) is 0. The Labute approximate surface area is 206 Å². The van der Waals surface area contributed by atoms with Crippen molar-refractivity contribution in [2.24, 2.45) is 0 Å². The Bertz CT molecular complexity index is 1140. The number of halogens is 3. The van der Waals surface area contributed by atoms with Gasteiger partial charge in [0.15, 0.2) is 10.9 Å². The molecule has 0 spiro atoms. The summed E-state index contributed by atoms with van der Waals surface area (Å²) in [5.74, 6) is 0.491. The van der Waals surface area contributed by atoms with E-state index in [9.17, 15) is 18.0 Å². The van der Waals surface area contributed by atoms with Gasteiger partial charge >= 0.3 is 6.18 Å². The minimum absolute atomic E-state index is 0.0888. The average Bonchev–Trinajstić information content (AvgIpc) is 2.86. The van der Waals surface area contributed by atoms with Gasteiger partial charge in [-0.2, -0.15) is 13.2 Å². The molecule has 1 amide bonds. The number of hydrogen-bond acceptors (Lipinski definition) is 6. The van der Waals surface area contributed by atoms with Gasteiger partial charge in [0.1, 0.15) is 5.82 Å². The second-order valence-electron chi connectivity index (χ2n) is 8.46. The van der Waals surface area contributed by atoms with Crippen molar-refractivity contribution >= 4 is 23.5 Å². The minimum Gasteiger partial charge on any atom is -0.354 e. The molecule has 1 unspecified atom stereocenters. The molecule has 0 saturated carbocycles. The van der Waals surface area contributed by atoms with Crippen molar-refractivity contribution in [2.45, 2.75) is 55.9 Å². The molecule has 1 fully saturated rings. The van der Waals surface area contributed by atoms with Gasteiger partial charge in [0.05, 0.1) is 0 Å². The lowest BCUT2D eigenvalue weighted by Crippen LogP contribution is -2.38. The molecule has 3 aromatic rings. The van der Waals surface area contributed by atoms with Crippen molar-refractivity contribution in [1.82, 2.24) is 20.3 Å². The SMILES string of the molecule is CC1CCCCN1c1cc(C(F)(F)F)nc(SCc2ccc(C(=O)NCc3cccnc3)cc2)n1. The summed E-state index contributed by atoms with van der Waals surface area (Å²) in [6, 6.07) is 11.8. The molecular weight excluding hydrogens is 475 g/mol. The maximum absolute atomic E-state index is 13.5. The van der Waals surface area contributed by atoms with E-state index in [0.717, 1.165) is 48.2 Å². The number of hydrogen-bond donors (Lipinski definition) is 1. The number of carbonyl (C=O) groups excluding carboxylic acids is 1. The van der Waals surface area contributed by atoms with Crippen LogP contribution in [-0.4, -0.2) is 33.4 Å². The van der Waals surface area contributed by atoms with Crippen molar-refractivity contribution in [3.8, 4) is 0 Å². The van der Waals surface area contributed by atoms with Crippen LogP contribution in [0.15, 0.2) is 60.0 Å². The Morgan fingerprint density at radius 2 is 1.94 bits per heavy atom. The number of rotatable bonds is 7. The quantitative estimate of drug-likeness (QED) is 0.341. The van der Waals surface area contributed by atoms with Gasteiger partial charge in [-0.05, 0) is 55.5 Å². The van der Waals surface area contributed by atoms with Gasteiger partial charge in [0.2, 0.25) is 0 Å². The summed E-state index contributed by atoms with van der Waals surface area (Å²) in [6.45, 7) is 3.06. The van der Waals surface area contributed by atoms with Crippen LogP contribution in [0.3, 0.4) is 0 Å². The first-order chi connectivity index (χ1) is 16.8. The lowest BCUT2D eigenvalue weighted by atomic mass is 10.0. The summed E-state index contributed by atoms with van der Waals surface area (Å²) in [4.78, 5) is 26.6. The number of carbonyl (C=O) groups is 1. The molecule has 1 saturated heterocycles. The molecule has 3 heterocycles. The number of nitrogens with one attached hydrogen (secondary N) is 1. The van der Waals surface area contributed by atoms with Crippen molar-refractivity contribution in [2.75, 3.05) is 11.4 Å². The number of anilines is 1. The third-order valence-electron chi connectivity index (χ3n) is 5.84. The number of thioether (sulfide) groups is 1. The molecule has 2 aromatic heterocycles. The van der Waals surface area contributed by atoms with Gasteiger partial charge in [-0.3, -0.25) is 9.78 Å². The molecule has 1 aliphatic rings. The minimum atomic E-state index is -4.54. The molecule has 184 valence electrons. The lowest BCUT2D eigenvalue weighted by Gasteiger charge is -2.34. The highest BCUT2D eigenvalue weighted by Gasteiger charge is 2.35. The highest BCUT2D eigenvalue weighted by atomic mass is 32.2. The second kappa shape index (κ2) is 11.1. The number of pyridine rings is 1. The topological polar surface area (TPSA) is 71.0 Å². The maximum Gasteiger partial charge on any atom is 0.433 e. The van der Waals surface area contributed by atoms with E-state index in [1.807, 2.05) is 17.9 Å². The van der Waals surface area contributed by atoms with E-state index in [0.29, 0.717) is 30.2 Å². The monoisotopic (exact) mass is 501 g/mol. The first-order valence-electron chi connectivity index (χ1n) is 11.4. The fourth-order valence-electron chi connectivity index (χ4n) is 3.90. The number of aromatic nitrogens is 3. The van der Waals surface area contributed by atoms with E-state index in [2.05, 4.69) is 20.3 Å². The normalized spacial score (nSPS) is 16.2. The molecule has 1 aliphatic heterocycles. The Hall–Kier alpha value is -3.14. The largest absolute Gasteiger partial charge is 0.433 e. The van der Waals surface area contributed by atoms with Crippen molar-refractivity contribution in [3.63, 3.8) is 0 Å². The molecule has 1 atom stereocenters. The van der Waals surface area contributed by atoms with Gasteiger partial charge < -0.3 is 10.2 Å². The smallest absolute Gasteiger partial charge is 0.354 e. The highest BCUT2D eigenvalue weighted by Crippen LogP contribution is 2.33. The molecular formula is C25H26F3N5OS. The number of benzene rings is 1. The Balaban J connectivity index is 1.42. The van der Waals surface area contributed by atoms with Crippen molar-refractivity contribution in [1.29, 1.82) is 0 Å². The van der Waals surface area contributed by atoms with Crippen LogP contribution in [0.1, 0.15) is 53.4 Å². The average molecular weight is 502 g/mol. The zero-order valence-corrected chi connectivity index (χ0v) is 20.1. The number of nitrogens with zero attached hydrogens (tertiary/aromatic N) is 4. The highest BCUT2D eigenvalue weighted by molar-refractivity contribution is 7.98. The molecule has 0 aliphatic carbocycles. The van der Waals surface area contributed by atoms with Crippen LogP contribution >= 0.6 is 11.8 Å². The third kappa shape index (κ3) is 6.72. The Morgan fingerprint density at radius 3 is 2.63 bits per heavy atom. The second-order valence-corrected chi connectivity index (χ2v) is 9.40. The molecule has 0 radical (unpaired) electrons. The van der Waals surface area contributed by atoms with Crippen LogP contribution in [0.25, 0.3) is 0 Å². The molecule has 1 N–H and O–H groups in total. The molecule has 6 nitrogen and oxygen atoms in total. The van der Waals surface area contributed by atoms with Gasteiger partial charge in [0.25, 0.3) is 5.91 Å². The van der Waals surface area contributed by atoms with E-state index in [1.165, 1.54) is 0 Å². The molecule has 4 rings (SSSR count). The molecule has 1 aromatic carbocycles. The van der Waals surface area contributed by atoms with Crippen LogP contribution < -0.4 is 10.2 Å². The van der Waals surface area contributed by atoms with Crippen LogP contribution in [0.4, 0.5) is 19.0 Å². The Morgan fingerprint density at radius 1 is 1.14 bits per heavy atom. The predicted octanol–water partition coefficient (Wildman–Crippen LogP) is 5.49. The van der Waals surface area contributed by atoms with E-state index >= 15 is 0 Å². The molecule has 0 bridgehead atoms. The van der Waals surface area contributed by atoms with Gasteiger partial charge in [-0.1, -0.05) is 30.0 Å². The summed E-state index contributed by atoms with van der Waals surface area (Å²) < 4.78 is 40.5. The first kappa shape index (κ1) is 25.0. The van der Waals surface area contributed by atoms with Crippen LogP contribution in [0, 0.1) is 0 Å². The van der Waals surface area contributed by atoms with Crippen LogP contribution in [0.2, 0.25) is 0 Å². The van der Waals surface area contributed by atoms with Gasteiger partial charge in [-0.25, -0.2) is 9.97 Å². The summed E-state index contributed by atoms with van der Waals surface area (Å²) in [6.07, 6.45) is 1.73. The van der Waals surface area contributed by atoms with Crippen LogP contribution in [-0.2, 0) is 18.5 Å². The van der Waals surface area contributed by atoms with E-state index in [4.69, 9.17) is 0 Å². The van der Waals surface area contributed by atoms with Crippen molar-refractivity contribution in [3.05, 3.63) is 77.2 Å². The summed E-state index contributed by atoms with van der Waals surface area (Å²) in [5.41, 5.74) is 1.32. The standard InChI is InChI=1S/C25H26F3N5OS/c1-17-5-2-3-12-33(17)22-13-21(25(26,27)28)31-24(32-22)35-16-18-7-9-20(10-8-18)23(34)30-15-19-6-4-11-29-14-19/h4,6-11,13-14,17H,2-3,5,12,15-16H2,1H3,(H,30,34). The van der Waals surface area contributed by atoms with Crippen molar-refractivity contribution < 1.29 is 18.0 Å². The maximum atomic E-state index is 13.5. The van der Waals surface area contributed by atoms with E-state index in [1.54, 1.807) is 42.7 Å². The predicted molar refractivity (Wildman–Crippen MR) is 129 cm³/mol. The lowest BCUT2D eigenvalue weighted by molar-refractivity contribution is -0.141. The fourth-order valence-corrected chi connectivity index (χ4v) is 4.70.